The quantitative estimate of drug-likeness (QED) is 0.445. The summed E-state index contributed by atoms with van der Waals surface area (Å²) in [7, 11) is 0. The number of hydrazone groups is 1. The first kappa shape index (κ1) is 16.4. The van der Waals surface area contributed by atoms with Gasteiger partial charge in [0, 0.05) is 6.54 Å². The second-order valence-corrected chi connectivity index (χ2v) is 5.59. The topological polar surface area (TPSA) is 45.7 Å². The fourth-order valence-electron chi connectivity index (χ4n) is 1.30. The summed E-state index contributed by atoms with van der Waals surface area (Å²) in [5.74, 6) is 0.788. The molecule has 1 aromatic carbocycles. The number of hydrogen-bond donors (Lipinski definition) is 2. The van der Waals surface area contributed by atoms with E-state index in [1.165, 1.54) is 0 Å². The zero-order chi connectivity index (χ0) is 14.3. The lowest BCUT2D eigenvalue weighted by Crippen LogP contribution is -2.31. The van der Waals surface area contributed by atoms with Crippen LogP contribution in [0.1, 0.15) is 19.4 Å². The SMILES string of the molecule is CCNC(=S)NN=Cc1cc(Br)c(OCC)c(Br)c1. The number of nitrogens with zero attached hydrogens (tertiary/aromatic N) is 1. The van der Waals surface area contributed by atoms with Crippen molar-refractivity contribution in [2.45, 2.75) is 13.8 Å². The molecule has 0 saturated carbocycles. The summed E-state index contributed by atoms with van der Waals surface area (Å²) in [6.07, 6.45) is 1.69. The van der Waals surface area contributed by atoms with Gasteiger partial charge in [0.25, 0.3) is 0 Å². The summed E-state index contributed by atoms with van der Waals surface area (Å²) in [6, 6.07) is 3.86. The van der Waals surface area contributed by atoms with E-state index in [4.69, 9.17) is 17.0 Å². The van der Waals surface area contributed by atoms with Crippen molar-refractivity contribution in [3.05, 3.63) is 26.6 Å². The van der Waals surface area contributed by atoms with Crippen LogP contribution in [-0.4, -0.2) is 24.5 Å². The molecule has 104 valence electrons. The second-order valence-electron chi connectivity index (χ2n) is 3.48. The molecule has 0 aliphatic carbocycles. The van der Waals surface area contributed by atoms with Crippen LogP contribution >= 0.6 is 44.1 Å². The molecule has 0 aliphatic rings. The van der Waals surface area contributed by atoms with Gasteiger partial charge in [-0.2, -0.15) is 5.10 Å². The van der Waals surface area contributed by atoms with Gasteiger partial charge in [0.1, 0.15) is 5.75 Å². The van der Waals surface area contributed by atoms with Gasteiger partial charge in [-0.1, -0.05) is 0 Å². The van der Waals surface area contributed by atoms with E-state index in [1.807, 2.05) is 26.0 Å². The standard InChI is InChI=1S/C12H15Br2N3OS/c1-3-15-12(19)17-16-7-8-5-9(13)11(18-4-2)10(14)6-8/h5-7H,3-4H2,1-2H3,(H2,15,17,19). The predicted molar refractivity (Wildman–Crippen MR) is 90.0 cm³/mol. The van der Waals surface area contributed by atoms with Crippen LogP contribution in [0.3, 0.4) is 0 Å². The van der Waals surface area contributed by atoms with Gasteiger partial charge in [0.05, 0.1) is 21.8 Å². The first-order chi connectivity index (χ1) is 9.08. The van der Waals surface area contributed by atoms with Crippen LogP contribution in [0.25, 0.3) is 0 Å². The molecule has 0 aliphatic heterocycles. The van der Waals surface area contributed by atoms with E-state index < -0.39 is 0 Å². The zero-order valence-corrected chi connectivity index (χ0v) is 14.7. The Morgan fingerprint density at radius 2 is 2.00 bits per heavy atom. The lowest BCUT2D eigenvalue weighted by atomic mass is 10.2. The van der Waals surface area contributed by atoms with E-state index >= 15 is 0 Å². The first-order valence-electron chi connectivity index (χ1n) is 5.77. The summed E-state index contributed by atoms with van der Waals surface area (Å²) < 4.78 is 7.26. The fourth-order valence-corrected chi connectivity index (χ4v) is 2.95. The molecule has 0 amide bonds. The maximum absolute atomic E-state index is 5.51. The summed E-state index contributed by atoms with van der Waals surface area (Å²) >= 11 is 11.9. The number of rotatable bonds is 5. The van der Waals surface area contributed by atoms with Gasteiger partial charge in [-0.15, -0.1) is 0 Å². The molecule has 0 bridgehead atoms. The van der Waals surface area contributed by atoms with Crippen molar-refractivity contribution >= 4 is 55.4 Å². The van der Waals surface area contributed by atoms with Gasteiger partial charge in [-0.25, -0.2) is 0 Å². The highest BCUT2D eigenvalue weighted by atomic mass is 79.9. The van der Waals surface area contributed by atoms with Crippen LogP contribution in [0.5, 0.6) is 5.75 Å². The predicted octanol–water partition coefficient (Wildman–Crippen LogP) is 3.43. The van der Waals surface area contributed by atoms with Gasteiger partial charge in [0.2, 0.25) is 0 Å². The maximum atomic E-state index is 5.51. The molecule has 0 spiro atoms. The van der Waals surface area contributed by atoms with E-state index in [0.717, 1.165) is 26.8 Å². The average Bonchev–Trinajstić information content (AvgIpc) is 2.34. The fraction of sp³-hybridized carbons (Fsp3) is 0.333. The Hall–Kier alpha value is -0.660. The lowest BCUT2D eigenvalue weighted by Gasteiger charge is -2.09. The molecule has 0 saturated heterocycles. The molecule has 0 fully saturated rings. The summed E-state index contributed by atoms with van der Waals surface area (Å²) in [5.41, 5.74) is 3.66. The highest BCUT2D eigenvalue weighted by Crippen LogP contribution is 2.34. The van der Waals surface area contributed by atoms with Crippen LogP contribution < -0.4 is 15.5 Å². The van der Waals surface area contributed by atoms with Crippen LogP contribution in [0.2, 0.25) is 0 Å². The molecule has 19 heavy (non-hydrogen) atoms. The number of thiocarbonyl (C=S) groups is 1. The third-order valence-corrected chi connectivity index (χ3v) is 3.44. The Bertz CT molecular complexity index is 457. The molecule has 7 heteroatoms. The van der Waals surface area contributed by atoms with Gasteiger partial charge in [0.15, 0.2) is 5.11 Å². The third-order valence-electron chi connectivity index (χ3n) is 2.03. The van der Waals surface area contributed by atoms with Crippen molar-refractivity contribution < 1.29 is 4.74 Å². The van der Waals surface area contributed by atoms with Crippen LogP contribution in [-0.2, 0) is 0 Å². The molecule has 0 aromatic heterocycles. The average molecular weight is 409 g/mol. The van der Waals surface area contributed by atoms with Crippen LogP contribution in [0.15, 0.2) is 26.2 Å². The smallest absolute Gasteiger partial charge is 0.186 e. The zero-order valence-electron chi connectivity index (χ0n) is 10.7. The van der Waals surface area contributed by atoms with E-state index in [0.29, 0.717) is 11.7 Å². The largest absolute Gasteiger partial charge is 0.492 e. The van der Waals surface area contributed by atoms with Crippen molar-refractivity contribution in [2.75, 3.05) is 13.2 Å². The molecule has 0 atom stereocenters. The molecular formula is C12H15Br2N3OS. The molecule has 1 rings (SSSR count). The number of nitrogens with one attached hydrogen (secondary N) is 2. The van der Waals surface area contributed by atoms with Crippen molar-refractivity contribution in [1.82, 2.24) is 10.7 Å². The Morgan fingerprint density at radius 1 is 1.37 bits per heavy atom. The van der Waals surface area contributed by atoms with Gasteiger partial charge >= 0.3 is 0 Å². The van der Waals surface area contributed by atoms with Crippen molar-refractivity contribution in [3.63, 3.8) is 0 Å². The Balaban J connectivity index is 2.75. The highest BCUT2D eigenvalue weighted by molar-refractivity contribution is 9.11. The molecule has 0 radical (unpaired) electrons. The number of hydrogen-bond acceptors (Lipinski definition) is 3. The van der Waals surface area contributed by atoms with Gasteiger partial charge in [-0.3, -0.25) is 5.43 Å². The van der Waals surface area contributed by atoms with E-state index in [2.05, 4.69) is 47.7 Å². The first-order valence-corrected chi connectivity index (χ1v) is 7.76. The number of ether oxygens (including phenoxy) is 1. The molecule has 2 N–H and O–H groups in total. The highest BCUT2D eigenvalue weighted by Gasteiger charge is 2.07. The van der Waals surface area contributed by atoms with Crippen molar-refractivity contribution in [2.24, 2.45) is 5.10 Å². The Kier molecular flexibility index (Phi) is 7.33. The minimum Gasteiger partial charge on any atom is -0.492 e. The molecule has 0 heterocycles. The Labute approximate surface area is 135 Å². The maximum Gasteiger partial charge on any atom is 0.186 e. The van der Waals surface area contributed by atoms with Crippen LogP contribution in [0.4, 0.5) is 0 Å². The monoisotopic (exact) mass is 407 g/mol. The van der Waals surface area contributed by atoms with Crippen molar-refractivity contribution in [3.8, 4) is 5.75 Å². The molecular weight excluding hydrogens is 394 g/mol. The molecule has 4 nitrogen and oxygen atoms in total. The van der Waals surface area contributed by atoms with Gasteiger partial charge in [-0.05, 0) is 75.6 Å². The Morgan fingerprint density at radius 3 is 2.53 bits per heavy atom. The molecule has 0 unspecified atom stereocenters. The van der Waals surface area contributed by atoms with E-state index in [9.17, 15) is 0 Å². The summed E-state index contributed by atoms with van der Waals surface area (Å²) in [4.78, 5) is 0. The second kappa shape index (κ2) is 8.50. The summed E-state index contributed by atoms with van der Waals surface area (Å²) in [6.45, 7) is 5.29. The van der Waals surface area contributed by atoms with Gasteiger partial charge < -0.3 is 10.1 Å². The van der Waals surface area contributed by atoms with E-state index in [-0.39, 0.29) is 0 Å². The lowest BCUT2D eigenvalue weighted by molar-refractivity contribution is 0.336. The van der Waals surface area contributed by atoms with Crippen LogP contribution in [0, 0.1) is 0 Å². The van der Waals surface area contributed by atoms with E-state index in [1.54, 1.807) is 6.21 Å². The third kappa shape index (κ3) is 5.46. The molecule has 1 aromatic rings. The number of halogens is 2. The summed E-state index contributed by atoms with van der Waals surface area (Å²) in [5, 5.41) is 7.51. The van der Waals surface area contributed by atoms with Crippen molar-refractivity contribution in [1.29, 1.82) is 0 Å². The minimum atomic E-state index is 0.503. The number of benzene rings is 1. The normalized spacial score (nSPS) is 10.5. The minimum absolute atomic E-state index is 0.503.